The molecule has 1 aliphatic heterocycles. The van der Waals surface area contributed by atoms with Gasteiger partial charge in [-0.1, -0.05) is 19.3 Å². The van der Waals surface area contributed by atoms with Gasteiger partial charge in [0.25, 0.3) is 0 Å². The fraction of sp³-hybridized carbons (Fsp3) is 0.909. The molecule has 0 bridgehead atoms. The van der Waals surface area contributed by atoms with E-state index in [1.165, 1.54) is 25.7 Å². The average molecular weight is 196 g/mol. The summed E-state index contributed by atoms with van der Waals surface area (Å²) in [6.07, 6.45) is 6.20. The number of amides is 1. The largest absolute Gasteiger partial charge is 0.350 e. The molecule has 14 heavy (non-hydrogen) atoms. The maximum absolute atomic E-state index is 11.7. The molecule has 2 rings (SSSR count). The van der Waals surface area contributed by atoms with Crippen LogP contribution in [-0.2, 0) is 4.79 Å². The molecule has 1 amide bonds. The van der Waals surface area contributed by atoms with E-state index in [1.54, 1.807) is 0 Å². The lowest BCUT2D eigenvalue weighted by Gasteiger charge is -2.41. The second kappa shape index (κ2) is 3.54. The van der Waals surface area contributed by atoms with Crippen LogP contribution in [0, 0.1) is 0 Å². The van der Waals surface area contributed by atoms with Crippen LogP contribution in [0.25, 0.3) is 0 Å². The summed E-state index contributed by atoms with van der Waals surface area (Å²) in [4.78, 5) is 11.7. The van der Waals surface area contributed by atoms with Gasteiger partial charge in [0.15, 0.2) is 0 Å². The average Bonchev–Trinajstić information content (AvgIpc) is 2.30. The van der Waals surface area contributed by atoms with Gasteiger partial charge in [-0.2, -0.15) is 0 Å². The van der Waals surface area contributed by atoms with Crippen molar-refractivity contribution in [2.24, 2.45) is 0 Å². The highest BCUT2D eigenvalue weighted by Gasteiger charge is 2.40. The Morgan fingerprint density at radius 1 is 1.14 bits per heavy atom. The van der Waals surface area contributed by atoms with Crippen molar-refractivity contribution >= 4 is 5.91 Å². The zero-order chi connectivity index (χ0) is 10.2. The maximum atomic E-state index is 11.7. The van der Waals surface area contributed by atoms with E-state index in [2.05, 4.69) is 10.6 Å². The molecule has 1 heterocycles. The molecule has 1 saturated heterocycles. The molecule has 0 aromatic heterocycles. The van der Waals surface area contributed by atoms with E-state index in [4.69, 9.17) is 0 Å². The highest BCUT2D eigenvalue weighted by atomic mass is 16.2. The van der Waals surface area contributed by atoms with Crippen molar-refractivity contribution in [1.29, 1.82) is 0 Å². The number of fused-ring (bicyclic) bond motifs is 1. The number of nitrogens with one attached hydrogen (secondary N) is 2. The number of rotatable bonds is 0. The lowest BCUT2D eigenvalue weighted by Crippen LogP contribution is -2.68. The van der Waals surface area contributed by atoms with Gasteiger partial charge >= 0.3 is 0 Å². The zero-order valence-electron chi connectivity index (χ0n) is 9.10. The molecule has 3 nitrogen and oxygen atoms in total. The van der Waals surface area contributed by atoms with E-state index in [0.717, 1.165) is 6.42 Å². The Morgan fingerprint density at radius 2 is 1.79 bits per heavy atom. The molecule has 1 saturated carbocycles. The van der Waals surface area contributed by atoms with Crippen LogP contribution in [0.5, 0.6) is 0 Å². The fourth-order valence-corrected chi connectivity index (χ4v) is 2.53. The maximum Gasteiger partial charge on any atom is 0.240 e. The molecule has 0 radical (unpaired) electrons. The smallest absolute Gasteiger partial charge is 0.240 e. The number of hydrogen-bond acceptors (Lipinski definition) is 2. The monoisotopic (exact) mass is 196 g/mol. The van der Waals surface area contributed by atoms with Crippen LogP contribution < -0.4 is 10.6 Å². The molecule has 2 aliphatic rings. The van der Waals surface area contributed by atoms with Gasteiger partial charge in [-0.05, 0) is 26.7 Å². The summed E-state index contributed by atoms with van der Waals surface area (Å²) in [5.41, 5.74) is -0.383. The van der Waals surface area contributed by atoms with Gasteiger partial charge in [0.2, 0.25) is 5.91 Å². The van der Waals surface area contributed by atoms with Crippen molar-refractivity contribution in [2.45, 2.75) is 63.6 Å². The first-order chi connectivity index (χ1) is 6.59. The second-order valence-electron chi connectivity index (χ2n) is 5.09. The van der Waals surface area contributed by atoms with Crippen LogP contribution in [0.1, 0.15) is 46.0 Å². The number of carbonyl (C=O) groups excluding carboxylic acids is 1. The Bertz CT molecular complexity index is 237. The third kappa shape index (κ3) is 1.78. The van der Waals surface area contributed by atoms with E-state index < -0.39 is 0 Å². The first-order valence-corrected chi connectivity index (χ1v) is 5.68. The Hall–Kier alpha value is -0.570. The van der Waals surface area contributed by atoms with Crippen LogP contribution in [-0.4, -0.2) is 23.5 Å². The Balaban J connectivity index is 2.10. The van der Waals surface area contributed by atoms with E-state index in [0.29, 0.717) is 12.1 Å². The van der Waals surface area contributed by atoms with Gasteiger partial charge in [0, 0.05) is 12.1 Å². The molecule has 2 fully saturated rings. The van der Waals surface area contributed by atoms with Gasteiger partial charge in [-0.25, -0.2) is 0 Å². The first kappa shape index (κ1) is 9.97. The molecule has 0 aromatic carbocycles. The number of carbonyl (C=O) groups is 1. The van der Waals surface area contributed by atoms with E-state index in [1.807, 2.05) is 13.8 Å². The van der Waals surface area contributed by atoms with Crippen molar-refractivity contribution in [3.8, 4) is 0 Å². The van der Waals surface area contributed by atoms with Gasteiger partial charge in [0.05, 0.1) is 5.54 Å². The highest BCUT2D eigenvalue weighted by Crippen LogP contribution is 2.23. The van der Waals surface area contributed by atoms with Crippen molar-refractivity contribution in [3.63, 3.8) is 0 Å². The summed E-state index contributed by atoms with van der Waals surface area (Å²) in [7, 11) is 0. The fourth-order valence-electron chi connectivity index (χ4n) is 2.53. The number of hydrogen-bond donors (Lipinski definition) is 2. The molecule has 0 aromatic rings. The topological polar surface area (TPSA) is 41.1 Å². The lowest BCUT2D eigenvalue weighted by molar-refractivity contribution is -0.130. The Kier molecular flexibility index (Phi) is 2.52. The van der Waals surface area contributed by atoms with Gasteiger partial charge < -0.3 is 5.32 Å². The van der Waals surface area contributed by atoms with E-state index in [-0.39, 0.29) is 11.4 Å². The summed E-state index contributed by atoms with van der Waals surface area (Å²) in [6.45, 7) is 3.92. The van der Waals surface area contributed by atoms with Crippen molar-refractivity contribution in [3.05, 3.63) is 0 Å². The minimum absolute atomic E-state index is 0.153. The zero-order valence-corrected chi connectivity index (χ0v) is 9.10. The molecule has 80 valence electrons. The predicted octanol–water partition coefficient (Wildman–Crippen LogP) is 1.19. The summed E-state index contributed by atoms with van der Waals surface area (Å²) in [5, 5.41) is 6.62. The summed E-state index contributed by atoms with van der Waals surface area (Å²) >= 11 is 0. The van der Waals surface area contributed by atoms with Crippen LogP contribution in [0.3, 0.4) is 0 Å². The second-order valence-corrected chi connectivity index (χ2v) is 5.09. The van der Waals surface area contributed by atoms with Crippen molar-refractivity contribution in [2.75, 3.05) is 0 Å². The predicted molar refractivity (Wildman–Crippen MR) is 56.0 cm³/mol. The Morgan fingerprint density at radius 3 is 2.50 bits per heavy atom. The van der Waals surface area contributed by atoms with Crippen LogP contribution >= 0.6 is 0 Å². The molecule has 0 unspecified atom stereocenters. The van der Waals surface area contributed by atoms with Crippen molar-refractivity contribution < 1.29 is 4.79 Å². The van der Waals surface area contributed by atoms with Gasteiger partial charge in [-0.15, -0.1) is 0 Å². The van der Waals surface area contributed by atoms with Gasteiger partial charge in [-0.3, -0.25) is 10.1 Å². The quantitative estimate of drug-likeness (QED) is 0.611. The van der Waals surface area contributed by atoms with E-state index >= 15 is 0 Å². The Labute approximate surface area is 85.6 Å². The van der Waals surface area contributed by atoms with E-state index in [9.17, 15) is 4.79 Å². The van der Waals surface area contributed by atoms with Crippen molar-refractivity contribution in [1.82, 2.24) is 10.6 Å². The standard InChI is InChI=1S/C11H20N2O/c1-11(2)10(14)12-8-6-4-3-5-7-9(8)13-11/h8-9,13H,3-7H2,1-2H3,(H,12,14)/t8-,9+/m1/s1. The normalized spacial score (nSPS) is 36.9. The molecular formula is C11H20N2O. The lowest BCUT2D eigenvalue weighted by atomic mass is 9.91. The minimum atomic E-state index is -0.383. The third-order valence-electron chi connectivity index (χ3n) is 3.45. The van der Waals surface area contributed by atoms with Gasteiger partial charge in [0.1, 0.15) is 0 Å². The van der Waals surface area contributed by atoms with Crippen LogP contribution in [0.4, 0.5) is 0 Å². The first-order valence-electron chi connectivity index (χ1n) is 5.68. The summed E-state index contributed by atoms with van der Waals surface area (Å²) in [5.74, 6) is 0.153. The molecular weight excluding hydrogens is 176 g/mol. The van der Waals surface area contributed by atoms with Crippen LogP contribution in [0.15, 0.2) is 0 Å². The molecule has 3 heteroatoms. The molecule has 2 atom stereocenters. The third-order valence-corrected chi connectivity index (χ3v) is 3.45. The van der Waals surface area contributed by atoms with Crippen LogP contribution in [0.2, 0.25) is 0 Å². The summed E-state index contributed by atoms with van der Waals surface area (Å²) in [6, 6.07) is 0.864. The SMILES string of the molecule is CC1(C)N[C@H]2CCCCC[C@H]2NC1=O. The summed E-state index contributed by atoms with van der Waals surface area (Å²) < 4.78 is 0. The number of piperazine rings is 1. The molecule has 2 N–H and O–H groups in total. The minimum Gasteiger partial charge on any atom is -0.350 e. The molecule has 0 spiro atoms. The highest BCUT2D eigenvalue weighted by molar-refractivity contribution is 5.86. The molecule has 1 aliphatic carbocycles.